The van der Waals surface area contributed by atoms with Crippen molar-refractivity contribution < 1.29 is 22.3 Å². The van der Waals surface area contributed by atoms with Crippen LogP contribution in [0.1, 0.15) is 19.8 Å². The molecule has 23 heavy (non-hydrogen) atoms. The zero-order valence-electron chi connectivity index (χ0n) is 13.0. The van der Waals surface area contributed by atoms with Gasteiger partial charge in [0.05, 0.1) is 13.2 Å². The van der Waals surface area contributed by atoms with Crippen LogP contribution in [0.2, 0.25) is 0 Å². The Hall–Kier alpha value is -1.51. The van der Waals surface area contributed by atoms with Gasteiger partial charge in [-0.1, -0.05) is 25.5 Å². The van der Waals surface area contributed by atoms with Gasteiger partial charge in [-0.05, 0) is 25.1 Å². The fraction of sp³-hybridized carbons (Fsp3) is 0.533. The number of carbonyl (C=O) groups excluding carboxylic acids is 1. The van der Waals surface area contributed by atoms with Crippen molar-refractivity contribution in [3.05, 3.63) is 30.1 Å². The molecule has 1 saturated heterocycles. The van der Waals surface area contributed by atoms with Crippen LogP contribution in [-0.4, -0.2) is 51.6 Å². The van der Waals surface area contributed by atoms with Gasteiger partial charge in [-0.3, -0.25) is 9.69 Å². The molecule has 1 aromatic rings. The van der Waals surface area contributed by atoms with Gasteiger partial charge in [0, 0.05) is 6.54 Å². The first-order valence-electron chi connectivity index (χ1n) is 7.58. The molecule has 1 aliphatic heterocycles. The molecule has 1 N–H and O–H groups in total. The van der Waals surface area contributed by atoms with Gasteiger partial charge in [-0.15, -0.1) is 0 Å². The van der Waals surface area contributed by atoms with E-state index in [-0.39, 0.29) is 6.61 Å². The van der Waals surface area contributed by atoms with Crippen molar-refractivity contribution in [2.24, 2.45) is 0 Å². The number of nitrogens with one attached hydrogen (secondary N) is 1. The number of ether oxygens (including phenoxy) is 1. The molecule has 128 valence electrons. The van der Waals surface area contributed by atoms with E-state index in [4.69, 9.17) is 4.74 Å². The third kappa shape index (κ3) is 4.49. The molecule has 1 aromatic carbocycles. The molecule has 6 nitrogen and oxygen atoms in total. The minimum Gasteiger partial charge on any atom is -0.378 e. The Morgan fingerprint density at radius 3 is 2.87 bits per heavy atom. The van der Waals surface area contributed by atoms with E-state index in [1.54, 1.807) is 0 Å². The second kappa shape index (κ2) is 7.85. The first-order chi connectivity index (χ1) is 11.0. The zero-order chi connectivity index (χ0) is 16.9. The molecule has 1 amide bonds. The third-order valence-corrected chi connectivity index (χ3v) is 5.08. The van der Waals surface area contributed by atoms with E-state index in [1.807, 2.05) is 16.5 Å². The lowest BCUT2D eigenvalue weighted by atomic mass is 10.2. The molecule has 0 aliphatic carbocycles. The first-order valence-corrected chi connectivity index (χ1v) is 9.07. The van der Waals surface area contributed by atoms with Crippen molar-refractivity contribution in [1.29, 1.82) is 0 Å². The van der Waals surface area contributed by atoms with Crippen LogP contribution in [-0.2, 0) is 19.6 Å². The minimum absolute atomic E-state index is 0.127. The zero-order valence-corrected chi connectivity index (χ0v) is 13.8. The maximum absolute atomic E-state index is 13.7. The predicted molar refractivity (Wildman–Crippen MR) is 82.8 cm³/mol. The van der Waals surface area contributed by atoms with Crippen LogP contribution in [0.15, 0.2) is 29.2 Å². The Kier molecular flexibility index (Phi) is 6.09. The molecule has 2 rings (SSSR count). The predicted octanol–water partition coefficient (Wildman–Crippen LogP) is 1.13. The van der Waals surface area contributed by atoms with Gasteiger partial charge < -0.3 is 4.74 Å². The Morgan fingerprint density at radius 1 is 1.43 bits per heavy atom. The lowest BCUT2D eigenvalue weighted by molar-refractivity contribution is -0.130. The lowest BCUT2D eigenvalue weighted by Gasteiger charge is -2.34. The smallest absolute Gasteiger partial charge is 0.267 e. The highest BCUT2D eigenvalue weighted by atomic mass is 32.2. The standard InChI is InChI=1S/C15H21FN2O4S/c1-2-3-8-18-9-10-22-11-13(18)15(19)17-23(20,21)14-7-5-4-6-12(14)16/h4-7,13H,2-3,8-11H2,1H3,(H,17,19)/t13-/m0/s1. The number of sulfonamides is 1. The van der Waals surface area contributed by atoms with Crippen LogP contribution >= 0.6 is 0 Å². The quantitative estimate of drug-likeness (QED) is 0.837. The molecule has 1 aliphatic rings. The van der Waals surface area contributed by atoms with Crippen LogP contribution < -0.4 is 4.72 Å². The van der Waals surface area contributed by atoms with Crippen molar-refractivity contribution >= 4 is 15.9 Å². The van der Waals surface area contributed by atoms with Gasteiger partial charge in [0.25, 0.3) is 15.9 Å². The van der Waals surface area contributed by atoms with Crippen LogP contribution in [0, 0.1) is 5.82 Å². The van der Waals surface area contributed by atoms with E-state index in [9.17, 15) is 17.6 Å². The molecule has 1 heterocycles. The number of unbranched alkanes of at least 4 members (excludes halogenated alkanes) is 1. The summed E-state index contributed by atoms with van der Waals surface area (Å²) in [5, 5.41) is 0. The highest BCUT2D eigenvalue weighted by molar-refractivity contribution is 7.90. The number of amides is 1. The monoisotopic (exact) mass is 344 g/mol. The fourth-order valence-electron chi connectivity index (χ4n) is 2.43. The van der Waals surface area contributed by atoms with E-state index in [2.05, 4.69) is 0 Å². The minimum atomic E-state index is -4.24. The average Bonchev–Trinajstić information content (AvgIpc) is 2.53. The first kappa shape index (κ1) is 17.8. The number of halogens is 1. The van der Waals surface area contributed by atoms with Gasteiger partial charge in [-0.2, -0.15) is 0 Å². The summed E-state index contributed by atoms with van der Waals surface area (Å²) in [6, 6.07) is 4.27. The summed E-state index contributed by atoms with van der Waals surface area (Å²) in [5.74, 6) is -1.58. The summed E-state index contributed by atoms with van der Waals surface area (Å²) in [6.07, 6.45) is 1.88. The van der Waals surface area contributed by atoms with Crippen molar-refractivity contribution in [2.75, 3.05) is 26.3 Å². The lowest BCUT2D eigenvalue weighted by Crippen LogP contribution is -2.54. The molecule has 1 fully saturated rings. The molecule has 0 unspecified atom stereocenters. The molecule has 8 heteroatoms. The number of hydrogen-bond donors (Lipinski definition) is 1. The van der Waals surface area contributed by atoms with Gasteiger partial charge in [0.1, 0.15) is 16.8 Å². The fourth-order valence-corrected chi connectivity index (χ4v) is 3.52. The van der Waals surface area contributed by atoms with Crippen LogP contribution in [0.4, 0.5) is 4.39 Å². The second-order valence-corrected chi connectivity index (χ2v) is 7.03. The largest absolute Gasteiger partial charge is 0.378 e. The molecular weight excluding hydrogens is 323 g/mol. The van der Waals surface area contributed by atoms with Crippen molar-refractivity contribution in [1.82, 2.24) is 9.62 Å². The van der Waals surface area contributed by atoms with Gasteiger partial charge >= 0.3 is 0 Å². The Morgan fingerprint density at radius 2 is 2.17 bits per heavy atom. The molecular formula is C15H21FN2O4S. The number of morpholine rings is 1. The molecule has 0 aromatic heterocycles. The highest BCUT2D eigenvalue weighted by Gasteiger charge is 2.32. The summed E-state index contributed by atoms with van der Waals surface area (Å²) in [4.78, 5) is 13.7. The van der Waals surface area contributed by atoms with E-state index >= 15 is 0 Å². The number of nitrogens with zero attached hydrogens (tertiary/aromatic N) is 1. The summed E-state index contributed by atoms with van der Waals surface area (Å²) in [6.45, 7) is 3.93. The topological polar surface area (TPSA) is 75.7 Å². The Balaban J connectivity index is 2.11. The van der Waals surface area contributed by atoms with E-state index in [1.165, 1.54) is 12.1 Å². The maximum atomic E-state index is 13.7. The summed E-state index contributed by atoms with van der Waals surface area (Å²) in [7, 11) is -4.24. The molecule has 0 bridgehead atoms. The van der Waals surface area contributed by atoms with E-state index in [0.717, 1.165) is 25.0 Å². The van der Waals surface area contributed by atoms with Crippen LogP contribution in [0.5, 0.6) is 0 Å². The SMILES string of the molecule is CCCCN1CCOC[C@H]1C(=O)NS(=O)(=O)c1ccccc1F. The third-order valence-electron chi connectivity index (χ3n) is 3.70. The van der Waals surface area contributed by atoms with E-state index in [0.29, 0.717) is 19.7 Å². The van der Waals surface area contributed by atoms with E-state index < -0.39 is 32.7 Å². The molecule has 1 atom stereocenters. The number of carbonyl (C=O) groups is 1. The summed E-state index contributed by atoms with van der Waals surface area (Å²) < 4.78 is 45.3. The Labute approximate surface area is 135 Å². The second-order valence-electron chi connectivity index (χ2n) is 5.38. The van der Waals surface area contributed by atoms with Crippen molar-refractivity contribution in [3.8, 4) is 0 Å². The molecule has 0 saturated carbocycles. The number of hydrogen-bond acceptors (Lipinski definition) is 5. The average molecular weight is 344 g/mol. The Bertz CT molecular complexity index is 651. The van der Waals surface area contributed by atoms with Gasteiger partial charge in [-0.25, -0.2) is 17.5 Å². The number of benzene rings is 1. The molecule has 0 spiro atoms. The number of rotatable bonds is 6. The van der Waals surface area contributed by atoms with Gasteiger partial charge in [0.2, 0.25) is 0 Å². The highest BCUT2D eigenvalue weighted by Crippen LogP contribution is 2.15. The maximum Gasteiger partial charge on any atom is 0.267 e. The normalized spacial score (nSPS) is 19.5. The van der Waals surface area contributed by atoms with Crippen LogP contribution in [0.25, 0.3) is 0 Å². The van der Waals surface area contributed by atoms with Crippen molar-refractivity contribution in [2.45, 2.75) is 30.7 Å². The molecule has 0 radical (unpaired) electrons. The summed E-state index contributed by atoms with van der Waals surface area (Å²) >= 11 is 0. The summed E-state index contributed by atoms with van der Waals surface area (Å²) in [5.41, 5.74) is 0. The van der Waals surface area contributed by atoms with Gasteiger partial charge in [0.15, 0.2) is 0 Å². The van der Waals surface area contributed by atoms with Crippen LogP contribution in [0.3, 0.4) is 0 Å². The van der Waals surface area contributed by atoms with Crippen molar-refractivity contribution in [3.63, 3.8) is 0 Å².